The van der Waals surface area contributed by atoms with Crippen molar-refractivity contribution < 1.29 is 0 Å². The second-order valence-corrected chi connectivity index (χ2v) is 5.52. The highest BCUT2D eigenvalue weighted by Crippen LogP contribution is 2.28. The zero-order chi connectivity index (χ0) is 13.1. The monoisotopic (exact) mass is 258 g/mol. The lowest BCUT2D eigenvalue weighted by Crippen LogP contribution is -1.95. The summed E-state index contributed by atoms with van der Waals surface area (Å²) in [5.41, 5.74) is 5.05. The average molecular weight is 259 g/mol. The topological polar surface area (TPSA) is 0 Å². The molecule has 0 aliphatic rings. The maximum Gasteiger partial charge on any atom is 0.0475 e. The van der Waals surface area contributed by atoms with Gasteiger partial charge in [-0.3, -0.25) is 0 Å². The molecule has 0 N–H and O–H groups in total. The second kappa shape index (κ2) is 5.58. The fourth-order valence-corrected chi connectivity index (χ4v) is 2.52. The van der Waals surface area contributed by atoms with Crippen molar-refractivity contribution in [2.24, 2.45) is 0 Å². The van der Waals surface area contributed by atoms with Crippen molar-refractivity contribution in [2.45, 2.75) is 33.1 Å². The summed E-state index contributed by atoms with van der Waals surface area (Å²) in [6.07, 6.45) is 0.902. The highest BCUT2D eigenvalue weighted by Gasteiger charge is 2.09. The molecular weight excluding hydrogens is 240 g/mol. The third kappa shape index (κ3) is 2.94. The van der Waals surface area contributed by atoms with Gasteiger partial charge < -0.3 is 0 Å². The maximum atomic E-state index is 6.48. The van der Waals surface area contributed by atoms with E-state index in [4.69, 9.17) is 11.6 Å². The largest absolute Gasteiger partial charge is 0.0837 e. The lowest BCUT2D eigenvalue weighted by atomic mass is 9.97. The molecule has 0 aliphatic heterocycles. The van der Waals surface area contributed by atoms with Gasteiger partial charge in [0, 0.05) is 5.02 Å². The Kier molecular flexibility index (Phi) is 4.08. The molecule has 2 aromatic rings. The maximum absolute atomic E-state index is 6.48. The molecule has 0 aromatic heterocycles. The number of rotatable bonds is 3. The van der Waals surface area contributed by atoms with Crippen molar-refractivity contribution in [3.8, 4) is 0 Å². The lowest BCUT2D eigenvalue weighted by molar-refractivity contribution is 0.863. The SMILES string of the molecule is Cc1ccc(Cc2cccc(C(C)C)c2Cl)cc1. The fourth-order valence-electron chi connectivity index (χ4n) is 2.11. The van der Waals surface area contributed by atoms with Crippen LogP contribution in [0.4, 0.5) is 0 Å². The van der Waals surface area contributed by atoms with E-state index in [2.05, 4.69) is 63.2 Å². The highest BCUT2D eigenvalue weighted by molar-refractivity contribution is 6.32. The zero-order valence-corrected chi connectivity index (χ0v) is 12.0. The minimum absolute atomic E-state index is 0.468. The number of halogens is 1. The molecule has 18 heavy (non-hydrogen) atoms. The first-order chi connectivity index (χ1) is 8.58. The molecule has 0 aliphatic carbocycles. The van der Waals surface area contributed by atoms with Gasteiger partial charge in [0.25, 0.3) is 0 Å². The molecule has 94 valence electrons. The fraction of sp³-hybridized carbons (Fsp3) is 0.294. The summed E-state index contributed by atoms with van der Waals surface area (Å²) < 4.78 is 0. The van der Waals surface area contributed by atoms with Crippen LogP contribution in [0.15, 0.2) is 42.5 Å². The van der Waals surface area contributed by atoms with E-state index in [1.807, 2.05) is 0 Å². The molecule has 2 rings (SSSR count). The molecule has 0 fully saturated rings. The average Bonchev–Trinajstić information content (AvgIpc) is 2.34. The van der Waals surface area contributed by atoms with Crippen molar-refractivity contribution in [2.75, 3.05) is 0 Å². The number of aryl methyl sites for hydroxylation is 1. The quantitative estimate of drug-likeness (QED) is 0.695. The van der Waals surface area contributed by atoms with Crippen molar-refractivity contribution in [3.63, 3.8) is 0 Å². The van der Waals surface area contributed by atoms with Crippen molar-refractivity contribution >= 4 is 11.6 Å². The number of benzene rings is 2. The first kappa shape index (κ1) is 13.2. The van der Waals surface area contributed by atoms with Crippen molar-refractivity contribution in [1.29, 1.82) is 0 Å². The minimum Gasteiger partial charge on any atom is -0.0837 e. The predicted molar refractivity (Wildman–Crippen MR) is 79.5 cm³/mol. The molecule has 2 aromatic carbocycles. The third-order valence-electron chi connectivity index (χ3n) is 3.25. The highest BCUT2D eigenvalue weighted by atomic mass is 35.5. The third-order valence-corrected chi connectivity index (χ3v) is 3.71. The summed E-state index contributed by atoms with van der Waals surface area (Å²) in [7, 11) is 0. The van der Waals surface area contributed by atoms with Gasteiger partial charge in [0.15, 0.2) is 0 Å². The van der Waals surface area contributed by atoms with E-state index in [9.17, 15) is 0 Å². The van der Waals surface area contributed by atoms with Crippen molar-refractivity contribution in [1.82, 2.24) is 0 Å². The van der Waals surface area contributed by atoms with E-state index in [0.29, 0.717) is 5.92 Å². The van der Waals surface area contributed by atoms with Crippen LogP contribution in [0.5, 0.6) is 0 Å². The molecule has 0 saturated heterocycles. The van der Waals surface area contributed by atoms with Gasteiger partial charge in [-0.1, -0.05) is 73.5 Å². The molecule has 0 saturated carbocycles. The van der Waals surface area contributed by atoms with Gasteiger partial charge >= 0.3 is 0 Å². The van der Waals surface area contributed by atoms with Gasteiger partial charge in [-0.2, -0.15) is 0 Å². The standard InChI is InChI=1S/C17H19Cl/c1-12(2)16-6-4-5-15(17(16)18)11-14-9-7-13(3)8-10-14/h4-10,12H,11H2,1-3H3. The Labute approximate surface area is 115 Å². The van der Waals surface area contributed by atoms with E-state index >= 15 is 0 Å². The summed E-state index contributed by atoms with van der Waals surface area (Å²) in [5.74, 6) is 0.468. The zero-order valence-electron chi connectivity index (χ0n) is 11.2. The number of hydrogen-bond acceptors (Lipinski definition) is 0. The van der Waals surface area contributed by atoms with Crippen LogP contribution in [-0.4, -0.2) is 0 Å². The van der Waals surface area contributed by atoms with E-state index in [-0.39, 0.29) is 0 Å². The van der Waals surface area contributed by atoms with Crippen LogP contribution in [0.2, 0.25) is 5.02 Å². The Morgan fingerprint density at radius 3 is 2.28 bits per heavy atom. The molecule has 0 atom stereocenters. The van der Waals surface area contributed by atoms with Crippen LogP contribution in [0.25, 0.3) is 0 Å². The minimum atomic E-state index is 0.468. The molecular formula is C17H19Cl. The molecule has 0 unspecified atom stereocenters. The Morgan fingerprint density at radius 1 is 1.00 bits per heavy atom. The van der Waals surface area contributed by atoms with Crippen LogP contribution < -0.4 is 0 Å². The van der Waals surface area contributed by atoms with Crippen LogP contribution in [-0.2, 0) is 6.42 Å². The lowest BCUT2D eigenvalue weighted by Gasteiger charge is -2.12. The predicted octanol–water partition coefficient (Wildman–Crippen LogP) is 5.36. The van der Waals surface area contributed by atoms with Crippen LogP contribution in [0, 0.1) is 6.92 Å². The number of hydrogen-bond donors (Lipinski definition) is 0. The molecule has 0 nitrogen and oxygen atoms in total. The Morgan fingerprint density at radius 2 is 1.67 bits per heavy atom. The summed E-state index contributed by atoms with van der Waals surface area (Å²) in [6, 6.07) is 15.0. The Balaban J connectivity index is 2.29. The van der Waals surface area contributed by atoms with E-state index in [0.717, 1.165) is 11.4 Å². The molecule has 0 radical (unpaired) electrons. The molecule has 0 spiro atoms. The first-order valence-electron chi connectivity index (χ1n) is 6.40. The van der Waals surface area contributed by atoms with Crippen LogP contribution in [0.3, 0.4) is 0 Å². The molecule has 0 amide bonds. The molecule has 0 heterocycles. The van der Waals surface area contributed by atoms with Gasteiger partial charge in [-0.15, -0.1) is 0 Å². The second-order valence-electron chi connectivity index (χ2n) is 5.14. The molecule has 1 heteroatoms. The smallest absolute Gasteiger partial charge is 0.0475 e. The summed E-state index contributed by atoms with van der Waals surface area (Å²) >= 11 is 6.48. The normalized spacial score (nSPS) is 10.9. The van der Waals surface area contributed by atoms with Gasteiger partial charge in [-0.05, 0) is 36.0 Å². The summed E-state index contributed by atoms with van der Waals surface area (Å²) in [5, 5.41) is 0.924. The van der Waals surface area contributed by atoms with Crippen molar-refractivity contribution in [3.05, 3.63) is 69.7 Å². The summed E-state index contributed by atoms with van der Waals surface area (Å²) in [4.78, 5) is 0. The van der Waals surface area contributed by atoms with E-state index in [1.165, 1.54) is 22.3 Å². The van der Waals surface area contributed by atoms with Gasteiger partial charge in [0.05, 0.1) is 0 Å². The van der Waals surface area contributed by atoms with Crippen LogP contribution >= 0.6 is 11.6 Å². The van der Waals surface area contributed by atoms with Gasteiger partial charge in [0.1, 0.15) is 0 Å². The first-order valence-corrected chi connectivity index (χ1v) is 6.78. The van der Waals surface area contributed by atoms with Crippen LogP contribution in [0.1, 0.15) is 42.0 Å². The Hall–Kier alpha value is -1.27. The Bertz CT molecular complexity index is 524. The molecule has 0 bridgehead atoms. The summed E-state index contributed by atoms with van der Waals surface area (Å²) in [6.45, 7) is 6.46. The van der Waals surface area contributed by atoms with E-state index in [1.54, 1.807) is 0 Å². The van der Waals surface area contributed by atoms with Gasteiger partial charge in [-0.25, -0.2) is 0 Å². The van der Waals surface area contributed by atoms with Gasteiger partial charge in [0.2, 0.25) is 0 Å². The van der Waals surface area contributed by atoms with E-state index < -0.39 is 0 Å².